The van der Waals surface area contributed by atoms with Gasteiger partial charge >= 0.3 is 5.97 Å². The molecule has 4 rings (SSSR count). The van der Waals surface area contributed by atoms with E-state index >= 15 is 0 Å². The molecule has 0 radical (unpaired) electrons. The van der Waals surface area contributed by atoms with E-state index in [1.54, 1.807) is 6.07 Å². The molecule has 0 saturated carbocycles. The Labute approximate surface area is 185 Å². The maximum absolute atomic E-state index is 12.7. The number of rotatable bonds is 7. The van der Waals surface area contributed by atoms with Crippen LogP contribution in [0, 0.1) is 5.92 Å². The zero-order valence-corrected chi connectivity index (χ0v) is 18.2. The van der Waals surface area contributed by atoms with E-state index in [4.69, 9.17) is 4.74 Å². The average molecular weight is 431 g/mol. The van der Waals surface area contributed by atoms with Crippen molar-refractivity contribution in [2.24, 2.45) is 5.92 Å². The van der Waals surface area contributed by atoms with Gasteiger partial charge < -0.3 is 20.4 Å². The normalized spacial score (nSPS) is 12.1. The molecule has 2 aromatic heterocycles. The zero-order valence-electron chi connectivity index (χ0n) is 18.2. The number of aromatic amines is 1. The molecule has 3 N–H and O–H groups in total. The van der Waals surface area contributed by atoms with Gasteiger partial charge in [0, 0.05) is 28.0 Å². The van der Waals surface area contributed by atoms with Gasteiger partial charge in [0.1, 0.15) is 11.9 Å². The summed E-state index contributed by atoms with van der Waals surface area (Å²) in [5.41, 5.74) is 2.25. The average Bonchev–Trinajstić information content (AvgIpc) is 3.28. The number of nitrogens with one attached hydrogen (secondary N) is 3. The maximum atomic E-state index is 12.7. The van der Waals surface area contributed by atoms with Gasteiger partial charge in [0.25, 0.3) is 5.91 Å². The summed E-state index contributed by atoms with van der Waals surface area (Å²) in [5.74, 6) is 0.377. The van der Waals surface area contributed by atoms with Crippen LogP contribution >= 0.6 is 0 Å². The van der Waals surface area contributed by atoms with Crippen molar-refractivity contribution < 1.29 is 14.3 Å². The third kappa shape index (κ3) is 4.39. The smallest absolute Gasteiger partial charge is 0.328 e. The highest BCUT2D eigenvalue weighted by atomic mass is 16.5. The van der Waals surface area contributed by atoms with E-state index < -0.39 is 6.04 Å². The summed E-state index contributed by atoms with van der Waals surface area (Å²) in [5, 5.41) is 7.84. The van der Waals surface area contributed by atoms with Crippen LogP contribution in [0.3, 0.4) is 0 Å². The molecule has 164 valence electrons. The molecular formula is C24H25N5O3. The lowest BCUT2D eigenvalue weighted by molar-refractivity contribution is -0.142. The molecule has 0 saturated heterocycles. The molecule has 2 heterocycles. The number of benzene rings is 2. The number of H-pyrrole nitrogens is 1. The Morgan fingerprint density at radius 3 is 2.69 bits per heavy atom. The van der Waals surface area contributed by atoms with Gasteiger partial charge in [-0.2, -0.15) is 0 Å². The number of ether oxygens (including phenoxy) is 1. The van der Waals surface area contributed by atoms with E-state index in [1.807, 2.05) is 62.5 Å². The van der Waals surface area contributed by atoms with Gasteiger partial charge in [-0.3, -0.25) is 4.79 Å². The van der Waals surface area contributed by atoms with Gasteiger partial charge in [0.05, 0.1) is 19.2 Å². The molecule has 0 unspecified atom stereocenters. The molecule has 0 bridgehead atoms. The van der Waals surface area contributed by atoms with Crippen molar-refractivity contribution in [2.45, 2.75) is 26.4 Å². The quantitative estimate of drug-likeness (QED) is 0.386. The van der Waals surface area contributed by atoms with Gasteiger partial charge in [-0.15, -0.1) is 0 Å². The zero-order chi connectivity index (χ0) is 22.7. The lowest BCUT2D eigenvalue weighted by Gasteiger charge is -2.21. The number of aromatic nitrogens is 3. The topological polar surface area (TPSA) is 109 Å². The number of fused-ring (bicyclic) bond motifs is 2. The third-order valence-corrected chi connectivity index (χ3v) is 5.29. The van der Waals surface area contributed by atoms with E-state index in [-0.39, 0.29) is 24.3 Å². The summed E-state index contributed by atoms with van der Waals surface area (Å²) in [6, 6.07) is 14.4. The van der Waals surface area contributed by atoms with Crippen LogP contribution in [0.2, 0.25) is 0 Å². The van der Waals surface area contributed by atoms with E-state index in [9.17, 15) is 9.59 Å². The van der Waals surface area contributed by atoms with Crippen LogP contribution in [0.5, 0.6) is 0 Å². The van der Waals surface area contributed by atoms with Crippen molar-refractivity contribution in [1.29, 1.82) is 0 Å². The van der Waals surface area contributed by atoms with Gasteiger partial charge in [0.2, 0.25) is 0 Å². The second-order valence-corrected chi connectivity index (χ2v) is 7.86. The number of amides is 1. The van der Waals surface area contributed by atoms with E-state index in [1.165, 1.54) is 7.11 Å². The monoisotopic (exact) mass is 431 g/mol. The molecule has 1 amide bonds. The molecule has 8 heteroatoms. The Morgan fingerprint density at radius 1 is 1.09 bits per heavy atom. The first-order valence-corrected chi connectivity index (χ1v) is 10.4. The number of anilines is 1. The van der Waals surface area contributed by atoms with Crippen LogP contribution in [0.4, 0.5) is 5.82 Å². The van der Waals surface area contributed by atoms with Crippen LogP contribution in [0.25, 0.3) is 21.8 Å². The van der Waals surface area contributed by atoms with Crippen molar-refractivity contribution in [1.82, 2.24) is 20.3 Å². The second-order valence-electron chi connectivity index (χ2n) is 7.86. The molecule has 4 aromatic rings. The molecule has 0 aliphatic carbocycles. The van der Waals surface area contributed by atoms with Crippen LogP contribution in [-0.4, -0.2) is 40.0 Å². The SMILES string of the molecule is COC(=O)[C@@H](Nc1nc(CNC(=O)c2ccc3[nH]ccc3c2)nc2ccccc12)C(C)C. The lowest BCUT2D eigenvalue weighted by Crippen LogP contribution is -2.36. The second kappa shape index (κ2) is 9.05. The van der Waals surface area contributed by atoms with Crippen LogP contribution in [-0.2, 0) is 16.1 Å². The van der Waals surface area contributed by atoms with Crippen molar-refractivity contribution >= 4 is 39.5 Å². The fourth-order valence-corrected chi connectivity index (χ4v) is 3.54. The minimum absolute atomic E-state index is 0.0114. The number of carbonyl (C=O) groups excluding carboxylic acids is 2. The molecular weight excluding hydrogens is 406 g/mol. The number of methoxy groups -OCH3 is 1. The first-order valence-electron chi connectivity index (χ1n) is 10.4. The molecule has 8 nitrogen and oxygen atoms in total. The van der Waals surface area contributed by atoms with Crippen molar-refractivity contribution in [2.75, 3.05) is 12.4 Å². The van der Waals surface area contributed by atoms with E-state index in [0.29, 0.717) is 17.2 Å². The summed E-state index contributed by atoms with van der Waals surface area (Å²) >= 11 is 0. The molecule has 0 fully saturated rings. The fraction of sp³-hybridized carbons (Fsp3) is 0.250. The number of nitrogens with zero attached hydrogens (tertiary/aromatic N) is 2. The van der Waals surface area contributed by atoms with Crippen molar-refractivity contribution in [3.63, 3.8) is 0 Å². The van der Waals surface area contributed by atoms with E-state index in [0.717, 1.165) is 21.8 Å². The van der Waals surface area contributed by atoms with Crippen molar-refractivity contribution in [3.8, 4) is 0 Å². The first kappa shape index (κ1) is 21.3. The fourth-order valence-electron chi connectivity index (χ4n) is 3.54. The number of para-hydroxylation sites is 1. The van der Waals surface area contributed by atoms with Gasteiger partial charge in [-0.05, 0) is 42.3 Å². The highest BCUT2D eigenvalue weighted by Crippen LogP contribution is 2.23. The van der Waals surface area contributed by atoms with E-state index in [2.05, 4.69) is 25.6 Å². The van der Waals surface area contributed by atoms with Crippen molar-refractivity contribution in [3.05, 3.63) is 66.1 Å². The first-order chi connectivity index (χ1) is 15.5. The number of hydrogen-bond donors (Lipinski definition) is 3. The van der Waals surface area contributed by atoms with Gasteiger partial charge in [-0.25, -0.2) is 14.8 Å². The Balaban J connectivity index is 1.58. The predicted molar refractivity (Wildman–Crippen MR) is 123 cm³/mol. The molecule has 32 heavy (non-hydrogen) atoms. The molecule has 0 aliphatic rings. The van der Waals surface area contributed by atoms with Crippen LogP contribution < -0.4 is 10.6 Å². The number of hydrogen-bond acceptors (Lipinski definition) is 6. The summed E-state index contributed by atoms with van der Waals surface area (Å²) in [6.07, 6.45) is 1.84. The minimum atomic E-state index is -0.561. The molecule has 0 spiro atoms. The molecule has 0 aliphatic heterocycles. The third-order valence-electron chi connectivity index (χ3n) is 5.29. The summed E-state index contributed by atoms with van der Waals surface area (Å²) < 4.78 is 4.94. The predicted octanol–water partition coefficient (Wildman–Crippen LogP) is 3.65. The number of esters is 1. The Bertz CT molecular complexity index is 1280. The standard InChI is InChI=1S/C24H25N5O3/c1-14(2)21(24(31)32-3)29-22-17-6-4-5-7-19(17)27-20(28-22)13-26-23(30)16-8-9-18-15(12-16)10-11-25-18/h4-12,14,21,25H,13H2,1-3H3,(H,26,30)(H,27,28,29)/t21-/m0/s1. The Kier molecular flexibility index (Phi) is 6.02. The molecule has 2 aromatic carbocycles. The summed E-state index contributed by atoms with van der Waals surface area (Å²) in [6.45, 7) is 4.01. The molecule has 1 atom stereocenters. The highest BCUT2D eigenvalue weighted by Gasteiger charge is 2.24. The summed E-state index contributed by atoms with van der Waals surface area (Å²) in [7, 11) is 1.36. The Hall–Kier alpha value is -3.94. The van der Waals surface area contributed by atoms with Crippen LogP contribution in [0.15, 0.2) is 54.7 Å². The van der Waals surface area contributed by atoms with Gasteiger partial charge in [0.15, 0.2) is 5.82 Å². The largest absolute Gasteiger partial charge is 0.467 e. The minimum Gasteiger partial charge on any atom is -0.467 e. The van der Waals surface area contributed by atoms with Gasteiger partial charge in [-0.1, -0.05) is 26.0 Å². The lowest BCUT2D eigenvalue weighted by atomic mass is 10.0. The highest BCUT2D eigenvalue weighted by molar-refractivity contribution is 5.98. The summed E-state index contributed by atoms with van der Waals surface area (Å²) in [4.78, 5) is 37.2. The Morgan fingerprint density at radius 2 is 1.91 bits per heavy atom. The van der Waals surface area contributed by atoms with Crippen LogP contribution in [0.1, 0.15) is 30.0 Å². The number of carbonyl (C=O) groups is 2. The maximum Gasteiger partial charge on any atom is 0.328 e.